The highest BCUT2D eigenvalue weighted by Gasteiger charge is 2.18. The molecule has 1 aliphatic rings. The number of nitrogens with one attached hydrogen (secondary N) is 1. The van der Waals surface area contributed by atoms with Crippen molar-refractivity contribution in [2.75, 3.05) is 59.4 Å². The second-order valence-corrected chi connectivity index (χ2v) is 7.87. The fraction of sp³-hybridized carbons (Fsp3) is 0.550. The lowest BCUT2D eigenvalue weighted by molar-refractivity contribution is 0.0410. The van der Waals surface area contributed by atoms with Crippen LogP contribution in [0.4, 0.5) is 0 Å². The third-order valence-corrected chi connectivity index (χ3v) is 5.96. The summed E-state index contributed by atoms with van der Waals surface area (Å²) in [6.45, 7) is 5.04. The Morgan fingerprint density at radius 1 is 1.20 bits per heavy atom. The smallest absolute Gasteiger partial charge is 0.258 e. The minimum absolute atomic E-state index is 0.244. The standard InChI is InChI=1S/C20H29N5O4S/c1-24-17(22-23-20(24)30-14-11-25-9-12-29-13-10-25)7-8-21-19(26)18-15(27-2)5-4-6-16(18)28-3/h4-6H,7-14H2,1-3H3,(H,21,26). The Morgan fingerprint density at radius 3 is 2.57 bits per heavy atom. The monoisotopic (exact) mass is 435 g/mol. The zero-order valence-electron chi connectivity index (χ0n) is 17.7. The third-order valence-electron chi connectivity index (χ3n) is 4.96. The molecule has 30 heavy (non-hydrogen) atoms. The summed E-state index contributed by atoms with van der Waals surface area (Å²) in [6, 6.07) is 5.26. The number of rotatable bonds is 10. The van der Waals surface area contributed by atoms with Crippen LogP contribution in [0.25, 0.3) is 0 Å². The van der Waals surface area contributed by atoms with Crippen molar-refractivity contribution in [2.45, 2.75) is 11.6 Å². The molecule has 0 radical (unpaired) electrons. The van der Waals surface area contributed by atoms with Gasteiger partial charge in [-0.25, -0.2) is 0 Å². The Bertz CT molecular complexity index is 816. The molecule has 0 aliphatic carbocycles. The van der Waals surface area contributed by atoms with Crippen LogP contribution in [0, 0.1) is 0 Å². The van der Waals surface area contributed by atoms with Gasteiger partial charge in [0.2, 0.25) is 0 Å². The van der Waals surface area contributed by atoms with Crippen LogP contribution in [-0.4, -0.2) is 84.9 Å². The first-order valence-electron chi connectivity index (χ1n) is 9.94. The van der Waals surface area contributed by atoms with Crippen LogP contribution in [0.5, 0.6) is 11.5 Å². The predicted octanol–water partition coefficient (Wildman–Crippen LogP) is 1.23. The molecule has 0 unspecified atom stereocenters. The molecule has 0 spiro atoms. The van der Waals surface area contributed by atoms with Gasteiger partial charge in [0.05, 0.1) is 27.4 Å². The second-order valence-electron chi connectivity index (χ2n) is 6.80. The minimum Gasteiger partial charge on any atom is -0.496 e. The van der Waals surface area contributed by atoms with Crippen molar-refractivity contribution in [3.63, 3.8) is 0 Å². The van der Waals surface area contributed by atoms with E-state index in [0.29, 0.717) is 30.0 Å². The number of hydrogen-bond acceptors (Lipinski definition) is 8. The molecule has 0 saturated carbocycles. The lowest BCUT2D eigenvalue weighted by Crippen LogP contribution is -2.37. The van der Waals surface area contributed by atoms with E-state index in [9.17, 15) is 4.79 Å². The Hall–Kier alpha value is -2.30. The molecule has 1 fully saturated rings. The van der Waals surface area contributed by atoms with Crippen LogP contribution in [0.3, 0.4) is 0 Å². The molecule has 3 rings (SSSR count). The lowest BCUT2D eigenvalue weighted by Gasteiger charge is -2.26. The van der Waals surface area contributed by atoms with E-state index >= 15 is 0 Å². The summed E-state index contributed by atoms with van der Waals surface area (Å²) in [5, 5.41) is 12.4. The highest BCUT2D eigenvalue weighted by molar-refractivity contribution is 7.99. The van der Waals surface area contributed by atoms with Gasteiger partial charge >= 0.3 is 0 Å². The second kappa shape index (κ2) is 11.2. The van der Waals surface area contributed by atoms with E-state index < -0.39 is 0 Å². The minimum atomic E-state index is -0.244. The molecule has 0 bridgehead atoms. The zero-order chi connectivity index (χ0) is 21.3. The summed E-state index contributed by atoms with van der Waals surface area (Å²) in [5.41, 5.74) is 0.389. The number of carbonyl (C=O) groups excluding carboxylic acids is 1. The van der Waals surface area contributed by atoms with E-state index in [1.165, 1.54) is 14.2 Å². The highest BCUT2D eigenvalue weighted by Crippen LogP contribution is 2.27. The number of benzene rings is 1. The fourth-order valence-corrected chi connectivity index (χ4v) is 4.16. The largest absolute Gasteiger partial charge is 0.496 e. The van der Waals surface area contributed by atoms with Gasteiger partial charge in [0, 0.05) is 45.4 Å². The van der Waals surface area contributed by atoms with Crippen LogP contribution in [0.15, 0.2) is 23.4 Å². The molecule has 9 nitrogen and oxygen atoms in total. The van der Waals surface area contributed by atoms with Crippen molar-refractivity contribution in [2.24, 2.45) is 7.05 Å². The number of morpholine rings is 1. The average molecular weight is 436 g/mol. The molecule has 1 aromatic heterocycles. The van der Waals surface area contributed by atoms with Gasteiger partial charge in [0.25, 0.3) is 5.91 Å². The zero-order valence-corrected chi connectivity index (χ0v) is 18.5. The van der Waals surface area contributed by atoms with Gasteiger partial charge in [-0.3, -0.25) is 9.69 Å². The Morgan fingerprint density at radius 2 is 1.90 bits per heavy atom. The van der Waals surface area contributed by atoms with Crippen molar-refractivity contribution in [3.8, 4) is 11.5 Å². The number of amides is 1. The van der Waals surface area contributed by atoms with Gasteiger partial charge in [0.15, 0.2) is 5.16 Å². The van der Waals surface area contributed by atoms with Crippen LogP contribution >= 0.6 is 11.8 Å². The topological polar surface area (TPSA) is 90.7 Å². The van der Waals surface area contributed by atoms with Crippen LogP contribution in [0.1, 0.15) is 16.2 Å². The first kappa shape index (κ1) is 22.4. The molecule has 1 aromatic carbocycles. The Labute approximate surface area is 181 Å². The normalized spacial score (nSPS) is 14.5. The van der Waals surface area contributed by atoms with Crippen molar-refractivity contribution < 1.29 is 19.0 Å². The van der Waals surface area contributed by atoms with Crippen LogP contribution < -0.4 is 14.8 Å². The molecule has 164 valence electrons. The van der Waals surface area contributed by atoms with Gasteiger partial charge in [-0.15, -0.1) is 10.2 Å². The average Bonchev–Trinajstić information content (AvgIpc) is 3.13. The maximum absolute atomic E-state index is 12.6. The summed E-state index contributed by atoms with van der Waals surface area (Å²) in [7, 11) is 5.02. The van der Waals surface area contributed by atoms with Gasteiger partial charge in [-0.2, -0.15) is 0 Å². The first-order valence-corrected chi connectivity index (χ1v) is 10.9. The molecule has 2 heterocycles. The maximum atomic E-state index is 12.6. The first-order chi connectivity index (χ1) is 14.6. The van der Waals surface area contributed by atoms with E-state index in [2.05, 4.69) is 20.4 Å². The Kier molecular flexibility index (Phi) is 8.35. The molecule has 1 N–H and O–H groups in total. The van der Waals surface area contributed by atoms with Gasteiger partial charge in [-0.05, 0) is 12.1 Å². The summed E-state index contributed by atoms with van der Waals surface area (Å²) < 4.78 is 18.0. The summed E-state index contributed by atoms with van der Waals surface area (Å²) in [6.07, 6.45) is 0.580. The molecular formula is C20H29N5O4S. The van der Waals surface area contributed by atoms with E-state index in [1.807, 2.05) is 11.6 Å². The maximum Gasteiger partial charge on any atom is 0.258 e. The number of methoxy groups -OCH3 is 2. The van der Waals surface area contributed by atoms with Crippen LogP contribution in [-0.2, 0) is 18.2 Å². The fourth-order valence-electron chi connectivity index (χ4n) is 3.23. The number of hydrogen-bond donors (Lipinski definition) is 1. The van der Waals surface area contributed by atoms with Crippen molar-refractivity contribution >= 4 is 17.7 Å². The summed E-state index contributed by atoms with van der Waals surface area (Å²) in [4.78, 5) is 15.0. The summed E-state index contributed by atoms with van der Waals surface area (Å²) >= 11 is 1.69. The van der Waals surface area contributed by atoms with E-state index in [4.69, 9.17) is 14.2 Å². The highest BCUT2D eigenvalue weighted by atomic mass is 32.2. The van der Waals surface area contributed by atoms with E-state index in [1.54, 1.807) is 30.0 Å². The van der Waals surface area contributed by atoms with Crippen molar-refractivity contribution in [3.05, 3.63) is 29.6 Å². The number of thioether (sulfide) groups is 1. The molecule has 1 amide bonds. The quantitative estimate of drug-likeness (QED) is 0.558. The van der Waals surface area contributed by atoms with Crippen molar-refractivity contribution in [1.29, 1.82) is 0 Å². The number of aromatic nitrogens is 3. The SMILES string of the molecule is COc1cccc(OC)c1C(=O)NCCc1nnc(SCCN2CCOCC2)n1C. The summed E-state index contributed by atoms with van der Waals surface area (Å²) in [5.74, 6) is 2.49. The van der Waals surface area contributed by atoms with Gasteiger partial charge in [0.1, 0.15) is 22.9 Å². The molecular weight excluding hydrogens is 406 g/mol. The molecule has 10 heteroatoms. The van der Waals surface area contributed by atoms with Crippen LogP contribution in [0.2, 0.25) is 0 Å². The van der Waals surface area contributed by atoms with Crippen molar-refractivity contribution in [1.82, 2.24) is 25.0 Å². The molecule has 1 saturated heterocycles. The predicted molar refractivity (Wildman–Crippen MR) is 115 cm³/mol. The van der Waals surface area contributed by atoms with E-state index in [0.717, 1.165) is 49.6 Å². The number of carbonyl (C=O) groups is 1. The molecule has 0 atom stereocenters. The Balaban J connectivity index is 1.49. The number of ether oxygens (including phenoxy) is 3. The van der Waals surface area contributed by atoms with Gasteiger partial charge < -0.3 is 24.1 Å². The third kappa shape index (κ3) is 5.65. The molecule has 2 aromatic rings. The molecule has 1 aliphatic heterocycles. The van der Waals surface area contributed by atoms with E-state index in [-0.39, 0.29) is 5.91 Å². The number of nitrogens with zero attached hydrogens (tertiary/aromatic N) is 4. The van der Waals surface area contributed by atoms with Gasteiger partial charge in [-0.1, -0.05) is 17.8 Å². The lowest BCUT2D eigenvalue weighted by atomic mass is 10.1.